The van der Waals surface area contributed by atoms with Crippen LogP contribution in [0.15, 0.2) is 24.3 Å². The Bertz CT molecular complexity index is 718. The molecule has 1 heterocycles. The van der Waals surface area contributed by atoms with E-state index in [9.17, 15) is 26.8 Å². The monoisotopic (exact) mass is 361 g/mol. The summed E-state index contributed by atoms with van der Waals surface area (Å²) in [6.07, 6.45) is 1.11. The van der Waals surface area contributed by atoms with Crippen LogP contribution in [0.2, 0.25) is 0 Å². The maximum absolute atomic E-state index is 12.4. The number of carboxylic acids is 1. The van der Waals surface area contributed by atoms with Crippen LogP contribution in [0.25, 0.3) is 0 Å². The van der Waals surface area contributed by atoms with Gasteiger partial charge in [0.05, 0.1) is 11.7 Å². The van der Waals surface area contributed by atoms with Gasteiger partial charge < -0.3 is 10.0 Å². The molecule has 132 valence electrons. The molecule has 24 heavy (non-hydrogen) atoms. The standard InChI is InChI=1S/C15H17F2NO5S/c16-15(17)24(22,23)9-10-3-5-11(6-4-10)13(19)18-7-1-2-12(8-18)14(20)21/h3-6,12,15H,1-2,7-9H2,(H,20,21). The van der Waals surface area contributed by atoms with Crippen LogP contribution in [-0.4, -0.2) is 49.1 Å². The van der Waals surface area contributed by atoms with Crippen molar-refractivity contribution in [2.45, 2.75) is 24.4 Å². The molecule has 1 fully saturated rings. The van der Waals surface area contributed by atoms with Gasteiger partial charge in [-0.05, 0) is 30.5 Å². The van der Waals surface area contributed by atoms with Gasteiger partial charge >= 0.3 is 11.7 Å². The lowest BCUT2D eigenvalue weighted by atomic mass is 9.97. The molecule has 2 rings (SSSR count). The number of halogens is 2. The van der Waals surface area contributed by atoms with Crippen molar-refractivity contribution in [1.29, 1.82) is 0 Å². The highest BCUT2D eigenvalue weighted by Gasteiger charge is 2.29. The van der Waals surface area contributed by atoms with Crippen LogP contribution in [0.1, 0.15) is 28.8 Å². The second kappa shape index (κ2) is 7.25. The minimum absolute atomic E-state index is 0.121. The van der Waals surface area contributed by atoms with Crippen LogP contribution >= 0.6 is 0 Å². The van der Waals surface area contributed by atoms with Crippen LogP contribution in [-0.2, 0) is 20.4 Å². The van der Waals surface area contributed by atoms with Gasteiger partial charge in [0.15, 0.2) is 0 Å². The first-order chi connectivity index (χ1) is 11.2. The average Bonchev–Trinajstić information content (AvgIpc) is 2.54. The Balaban J connectivity index is 2.07. The van der Waals surface area contributed by atoms with Crippen molar-refractivity contribution in [2.24, 2.45) is 5.92 Å². The van der Waals surface area contributed by atoms with E-state index >= 15 is 0 Å². The number of carbonyl (C=O) groups excluding carboxylic acids is 1. The number of carboxylic acid groups (broad SMARTS) is 1. The van der Waals surface area contributed by atoms with E-state index in [0.29, 0.717) is 19.4 Å². The normalized spacial score (nSPS) is 18.6. The molecule has 0 aliphatic carbocycles. The van der Waals surface area contributed by atoms with Crippen LogP contribution in [0.3, 0.4) is 0 Å². The van der Waals surface area contributed by atoms with E-state index < -0.39 is 33.2 Å². The van der Waals surface area contributed by atoms with Crippen LogP contribution in [0.4, 0.5) is 8.78 Å². The molecular weight excluding hydrogens is 344 g/mol. The topological polar surface area (TPSA) is 91.8 Å². The van der Waals surface area contributed by atoms with Gasteiger partial charge in [0.1, 0.15) is 0 Å². The molecule has 1 aliphatic rings. The van der Waals surface area contributed by atoms with E-state index in [2.05, 4.69) is 0 Å². The molecule has 1 amide bonds. The Labute approximate surface area is 138 Å². The number of hydrogen-bond acceptors (Lipinski definition) is 4. The number of rotatable bonds is 5. The van der Waals surface area contributed by atoms with Gasteiger partial charge in [0, 0.05) is 18.7 Å². The molecule has 6 nitrogen and oxygen atoms in total. The summed E-state index contributed by atoms with van der Waals surface area (Å²) in [4.78, 5) is 24.8. The van der Waals surface area contributed by atoms with Crippen molar-refractivity contribution in [3.63, 3.8) is 0 Å². The number of sulfone groups is 1. The number of carbonyl (C=O) groups is 2. The largest absolute Gasteiger partial charge is 0.481 e. The van der Waals surface area contributed by atoms with Crippen molar-refractivity contribution in [3.05, 3.63) is 35.4 Å². The van der Waals surface area contributed by atoms with Crippen LogP contribution in [0.5, 0.6) is 0 Å². The van der Waals surface area contributed by atoms with Gasteiger partial charge in [-0.1, -0.05) is 12.1 Å². The van der Waals surface area contributed by atoms with Crippen molar-refractivity contribution in [1.82, 2.24) is 4.90 Å². The van der Waals surface area contributed by atoms with Crippen molar-refractivity contribution >= 4 is 21.7 Å². The van der Waals surface area contributed by atoms with Crippen LogP contribution < -0.4 is 0 Å². The van der Waals surface area contributed by atoms with Gasteiger partial charge in [-0.2, -0.15) is 8.78 Å². The highest BCUT2D eigenvalue weighted by molar-refractivity contribution is 7.90. The predicted molar refractivity (Wildman–Crippen MR) is 81.3 cm³/mol. The fraction of sp³-hybridized carbons (Fsp3) is 0.467. The molecule has 1 N–H and O–H groups in total. The first-order valence-corrected chi connectivity index (χ1v) is 9.03. The lowest BCUT2D eigenvalue weighted by Gasteiger charge is -2.30. The predicted octanol–water partition coefficient (Wildman–Crippen LogP) is 1.76. The molecule has 0 radical (unpaired) electrons. The summed E-state index contributed by atoms with van der Waals surface area (Å²) in [7, 11) is -4.52. The van der Waals surface area contributed by atoms with Gasteiger partial charge in [-0.15, -0.1) is 0 Å². The zero-order chi connectivity index (χ0) is 17.9. The van der Waals surface area contributed by atoms with E-state index in [1.807, 2.05) is 0 Å². The summed E-state index contributed by atoms with van der Waals surface area (Å²) < 4.78 is 47.1. The van der Waals surface area contributed by atoms with Gasteiger partial charge in [-0.25, -0.2) is 8.42 Å². The van der Waals surface area contributed by atoms with Crippen molar-refractivity contribution in [3.8, 4) is 0 Å². The van der Waals surface area contributed by atoms with Gasteiger partial charge in [0.25, 0.3) is 5.91 Å². The molecule has 1 unspecified atom stereocenters. The number of aliphatic carboxylic acids is 1. The highest BCUT2D eigenvalue weighted by atomic mass is 32.2. The molecule has 1 aliphatic heterocycles. The van der Waals surface area contributed by atoms with Gasteiger partial charge in [-0.3, -0.25) is 9.59 Å². The fourth-order valence-electron chi connectivity index (χ4n) is 2.58. The number of amides is 1. The number of hydrogen-bond donors (Lipinski definition) is 1. The van der Waals surface area contributed by atoms with E-state index in [4.69, 9.17) is 5.11 Å². The Morgan fingerprint density at radius 2 is 1.88 bits per heavy atom. The first kappa shape index (κ1) is 18.3. The van der Waals surface area contributed by atoms with Gasteiger partial charge in [0.2, 0.25) is 9.84 Å². The zero-order valence-electron chi connectivity index (χ0n) is 12.7. The molecule has 0 saturated carbocycles. The summed E-state index contributed by atoms with van der Waals surface area (Å²) in [5.41, 5.74) is 0.424. The summed E-state index contributed by atoms with van der Waals surface area (Å²) in [6, 6.07) is 5.35. The van der Waals surface area contributed by atoms with E-state index in [0.717, 1.165) is 0 Å². The van der Waals surface area contributed by atoms with E-state index in [1.54, 1.807) is 0 Å². The second-order valence-corrected chi connectivity index (χ2v) is 7.66. The first-order valence-electron chi connectivity index (χ1n) is 7.31. The van der Waals surface area contributed by atoms with Crippen LogP contribution in [0, 0.1) is 5.92 Å². The number of piperidine rings is 1. The van der Waals surface area contributed by atoms with Crippen molar-refractivity contribution < 1.29 is 31.9 Å². The third-order valence-electron chi connectivity index (χ3n) is 3.90. The number of nitrogens with zero attached hydrogens (tertiary/aromatic N) is 1. The third-order valence-corrected chi connectivity index (χ3v) is 5.18. The summed E-state index contributed by atoms with van der Waals surface area (Å²) in [6.45, 7) is 0.569. The quantitative estimate of drug-likeness (QED) is 0.863. The molecule has 1 aromatic carbocycles. The Kier molecular flexibility index (Phi) is 5.53. The van der Waals surface area contributed by atoms with Crippen molar-refractivity contribution in [2.75, 3.05) is 13.1 Å². The number of alkyl halides is 2. The van der Waals surface area contributed by atoms with E-state index in [-0.39, 0.29) is 23.6 Å². The Hall–Kier alpha value is -2.03. The average molecular weight is 361 g/mol. The lowest BCUT2D eigenvalue weighted by Crippen LogP contribution is -2.42. The SMILES string of the molecule is O=C(O)C1CCCN(C(=O)c2ccc(CS(=O)(=O)C(F)F)cc2)C1. The Morgan fingerprint density at radius 3 is 2.42 bits per heavy atom. The summed E-state index contributed by atoms with van der Waals surface area (Å²) >= 11 is 0. The maximum atomic E-state index is 12.4. The minimum atomic E-state index is -4.52. The molecular formula is C15H17F2NO5S. The molecule has 1 saturated heterocycles. The molecule has 0 spiro atoms. The maximum Gasteiger partial charge on any atom is 0.337 e. The molecule has 0 aromatic heterocycles. The minimum Gasteiger partial charge on any atom is -0.481 e. The molecule has 1 aromatic rings. The molecule has 0 bridgehead atoms. The zero-order valence-corrected chi connectivity index (χ0v) is 13.5. The Morgan fingerprint density at radius 1 is 1.25 bits per heavy atom. The molecule has 9 heteroatoms. The summed E-state index contributed by atoms with van der Waals surface area (Å²) in [5, 5.41) is 9.04. The number of benzene rings is 1. The third kappa shape index (κ3) is 4.28. The van der Waals surface area contributed by atoms with E-state index in [1.165, 1.54) is 29.2 Å². The summed E-state index contributed by atoms with van der Waals surface area (Å²) in [5.74, 6) is -6.15. The lowest BCUT2D eigenvalue weighted by molar-refractivity contribution is -0.143. The second-order valence-electron chi connectivity index (χ2n) is 5.69. The number of likely N-dealkylation sites (tertiary alicyclic amines) is 1. The smallest absolute Gasteiger partial charge is 0.337 e. The highest BCUT2D eigenvalue weighted by Crippen LogP contribution is 2.20. The molecule has 1 atom stereocenters. The fourth-order valence-corrected chi connectivity index (χ4v) is 3.37.